The van der Waals surface area contributed by atoms with E-state index in [0.29, 0.717) is 57.6 Å². The molecule has 0 aliphatic carbocycles. The first-order chi connectivity index (χ1) is 23.3. The minimum absolute atomic E-state index is 0.0996. The number of nitrogens with zero attached hydrogens (tertiary/aromatic N) is 5. The molecule has 13 heteroatoms. The topological polar surface area (TPSA) is 119 Å². The van der Waals surface area contributed by atoms with Gasteiger partial charge < -0.3 is 28.8 Å². The molecule has 6 aromatic rings. The SMILES string of the molecule is CN(C)CCn1c(=O)c2cc(OC(=O)N(C)c3ccccc3SSc3ccccn3)c(CO)cc2c2cnc3cc4c(cc3c21)OCO4. The number of para-hydroxylation sites is 1. The van der Waals surface area contributed by atoms with Crippen LogP contribution in [-0.2, 0) is 13.2 Å². The van der Waals surface area contributed by atoms with Crippen LogP contribution >= 0.6 is 21.6 Å². The fourth-order valence-corrected chi connectivity index (χ4v) is 7.69. The van der Waals surface area contributed by atoms with Crippen molar-refractivity contribution in [3.63, 3.8) is 0 Å². The van der Waals surface area contributed by atoms with Crippen molar-refractivity contribution >= 4 is 65.9 Å². The van der Waals surface area contributed by atoms with Gasteiger partial charge in [-0.1, -0.05) is 18.2 Å². The summed E-state index contributed by atoms with van der Waals surface area (Å²) in [5.74, 6) is 1.29. The molecule has 4 heterocycles. The first kappa shape index (κ1) is 31.8. The lowest BCUT2D eigenvalue weighted by Gasteiger charge is -2.21. The van der Waals surface area contributed by atoms with Gasteiger partial charge in [0.25, 0.3) is 5.56 Å². The van der Waals surface area contributed by atoms with Crippen LogP contribution in [0, 0.1) is 0 Å². The first-order valence-corrected chi connectivity index (χ1v) is 17.2. The summed E-state index contributed by atoms with van der Waals surface area (Å²) in [5, 5.41) is 13.7. The number of carbonyl (C=O) groups is 1. The molecule has 0 radical (unpaired) electrons. The van der Waals surface area contributed by atoms with E-state index in [2.05, 4.69) is 4.98 Å². The van der Waals surface area contributed by atoms with E-state index in [9.17, 15) is 14.7 Å². The number of pyridine rings is 3. The van der Waals surface area contributed by atoms with Gasteiger partial charge in [0.05, 0.1) is 28.7 Å². The molecular formula is C35H31N5O6S2. The Kier molecular flexibility index (Phi) is 8.84. The number of likely N-dealkylation sites (N-methyl/N-ethyl adjacent to an activating group) is 1. The lowest BCUT2D eigenvalue weighted by molar-refractivity contribution is 0.174. The molecule has 48 heavy (non-hydrogen) atoms. The largest absolute Gasteiger partial charge is 0.454 e. The fourth-order valence-electron chi connectivity index (χ4n) is 5.61. The Hall–Kier alpha value is -4.82. The number of rotatable bonds is 9. The fraction of sp³-hybridized carbons (Fsp3) is 0.200. The lowest BCUT2D eigenvalue weighted by Crippen LogP contribution is -2.30. The highest BCUT2D eigenvalue weighted by atomic mass is 33.1. The van der Waals surface area contributed by atoms with E-state index in [1.54, 1.807) is 36.1 Å². The number of aromatic nitrogens is 3. The monoisotopic (exact) mass is 681 g/mol. The van der Waals surface area contributed by atoms with Gasteiger partial charge in [-0.25, -0.2) is 9.78 Å². The van der Waals surface area contributed by atoms with E-state index in [0.717, 1.165) is 20.7 Å². The highest BCUT2D eigenvalue weighted by Crippen LogP contribution is 2.42. The molecule has 11 nitrogen and oxygen atoms in total. The van der Waals surface area contributed by atoms with Crippen LogP contribution in [0.2, 0.25) is 0 Å². The molecule has 0 bridgehead atoms. The quantitative estimate of drug-likeness (QED) is 0.137. The summed E-state index contributed by atoms with van der Waals surface area (Å²) < 4.78 is 18.8. The maximum Gasteiger partial charge on any atom is 0.419 e. The third kappa shape index (κ3) is 6.01. The summed E-state index contributed by atoms with van der Waals surface area (Å²) in [6, 6.07) is 20.1. The van der Waals surface area contributed by atoms with Crippen LogP contribution in [0.15, 0.2) is 93.8 Å². The Labute approximate surface area is 283 Å². The van der Waals surface area contributed by atoms with E-state index in [1.807, 2.05) is 73.6 Å². The maximum atomic E-state index is 14.3. The second-order valence-electron chi connectivity index (χ2n) is 11.4. The van der Waals surface area contributed by atoms with Gasteiger partial charge in [-0.15, -0.1) is 0 Å². The van der Waals surface area contributed by atoms with Gasteiger partial charge in [-0.2, -0.15) is 0 Å². The molecule has 244 valence electrons. The van der Waals surface area contributed by atoms with E-state index in [4.69, 9.17) is 19.2 Å². The van der Waals surface area contributed by atoms with E-state index in [1.165, 1.54) is 26.5 Å². The number of benzene rings is 3. The van der Waals surface area contributed by atoms with Crippen LogP contribution in [-0.4, -0.2) is 65.1 Å². The van der Waals surface area contributed by atoms with Gasteiger partial charge in [0.2, 0.25) is 6.79 Å². The number of fused-ring (bicyclic) bond motifs is 6. The highest BCUT2D eigenvalue weighted by Gasteiger charge is 2.23. The summed E-state index contributed by atoms with van der Waals surface area (Å²) in [7, 11) is 8.47. The van der Waals surface area contributed by atoms with Crippen molar-refractivity contribution in [1.82, 2.24) is 19.4 Å². The smallest absolute Gasteiger partial charge is 0.419 e. The number of hydrogen-bond donors (Lipinski definition) is 1. The number of aliphatic hydroxyl groups excluding tert-OH is 1. The van der Waals surface area contributed by atoms with Gasteiger partial charge in [0, 0.05) is 59.8 Å². The number of hydrogen-bond acceptors (Lipinski definition) is 11. The van der Waals surface area contributed by atoms with Crippen molar-refractivity contribution in [1.29, 1.82) is 0 Å². The number of carbonyl (C=O) groups excluding carboxylic acids is 1. The minimum atomic E-state index is -0.669. The minimum Gasteiger partial charge on any atom is -0.454 e. The molecule has 1 amide bonds. The normalized spacial score (nSPS) is 12.4. The predicted molar refractivity (Wildman–Crippen MR) is 188 cm³/mol. The second kappa shape index (κ2) is 13.4. The summed E-state index contributed by atoms with van der Waals surface area (Å²) in [6.07, 6.45) is 2.79. The van der Waals surface area contributed by atoms with Crippen molar-refractivity contribution in [2.24, 2.45) is 0 Å². The third-order valence-electron chi connectivity index (χ3n) is 8.06. The molecule has 0 fully saturated rings. The number of anilines is 1. The molecule has 0 unspecified atom stereocenters. The number of ether oxygens (including phenoxy) is 3. The van der Waals surface area contributed by atoms with E-state index < -0.39 is 12.7 Å². The maximum absolute atomic E-state index is 14.3. The Balaban J connectivity index is 1.29. The predicted octanol–water partition coefficient (Wildman–Crippen LogP) is 6.32. The van der Waals surface area contributed by atoms with Crippen molar-refractivity contribution in [2.45, 2.75) is 23.1 Å². The number of amides is 1. The molecule has 0 saturated carbocycles. The summed E-state index contributed by atoms with van der Waals surface area (Å²) in [6.45, 7) is 0.702. The Morgan fingerprint density at radius 2 is 1.73 bits per heavy atom. The average molecular weight is 682 g/mol. The molecule has 0 spiro atoms. The molecule has 3 aromatic heterocycles. The van der Waals surface area contributed by atoms with Crippen LogP contribution < -0.4 is 24.7 Å². The van der Waals surface area contributed by atoms with Crippen molar-refractivity contribution in [3.05, 3.63) is 95.0 Å². The second-order valence-corrected chi connectivity index (χ2v) is 13.6. The van der Waals surface area contributed by atoms with Crippen molar-refractivity contribution in [2.75, 3.05) is 39.4 Å². The highest BCUT2D eigenvalue weighted by molar-refractivity contribution is 8.76. The van der Waals surface area contributed by atoms with Crippen LogP contribution in [0.25, 0.3) is 32.6 Å². The van der Waals surface area contributed by atoms with E-state index in [-0.39, 0.29) is 18.1 Å². The van der Waals surface area contributed by atoms with Gasteiger partial charge >= 0.3 is 6.09 Å². The zero-order valence-corrected chi connectivity index (χ0v) is 28.0. The van der Waals surface area contributed by atoms with Crippen molar-refractivity contribution < 1.29 is 24.1 Å². The molecule has 0 saturated heterocycles. The average Bonchev–Trinajstić information content (AvgIpc) is 3.57. The van der Waals surface area contributed by atoms with Crippen LogP contribution in [0.4, 0.5) is 10.5 Å². The first-order valence-electron chi connectivity index (χ1n) is 15.1. The molecule has 0 atom stereocenters. The molecule has 1 aliphatic rings. The van der Waals surface area contributed by atoms with Crippen LogP contribution in [0.5, 0.6) is 17.2 Å². The summed E-state index contributed by atoms with van der Waals surface area (Å²) in [4.78, 5) is 41.2. The zero-order valence-electron chi connectivity index (χ0n) is 26.4. The van der Waals surface area contributed by atoms with Gasteiger partial charge in [-0.3, -0.25) is 14.7 Å². The third-order valence-corrected chi connectivity index (χ3v) is 10.4. The van der Waals surface area contributed by atoms with Crippen LogP contribution in [0.3, 0.4) is 0 Å². The molecule has 1 aliphatic heterocycles. The van der Waals surface area contributed by atoms with E-state index >= 15 is 0 Å². The Bertz CT molecular complexity index is 2250. The molecule has 3 aromatic carbocycles. The zero-order chi connectivity index (χ0) is 33.4. The molecular weight excluding hydrogens is 651 g/mol. The summed E-state index contributed by atoms with van der Waals surface area (Å²) >= 11 is 0. The van der Waals surface area contributed by atoms with Gasteiger partial charge in [0.15, 0.2) is 11.5 Å². The Morgan fingerprint density at radius 1 is 0.938 bits per heavy atom. The standard InChI is InChI=1S/C35H31N5O6S2/c1-38(2)12-13-40-33-24-16-29-30(45-20-44-29)17-26(24)37-18-25(33)22-14-21(19-41)28(15-23(22)34(40)42)46-35(43)39(3)27-8-4-5-9-31(27)47-48-32-10-6-7-11-36-32/h4-11,14-18,41H,12-13,19-20H2,1-3H3. The van der Waals surface area contributed by atoms with Crippen molar-refractivity contribution in [3.8, 4) is 17.2 Å². The Morgan fingerprint density at radius 3 is 2.50 bits per heavy atom. The number of aliphatic hydroxyl groups is 1. The summed E-state index contributed by atoms with van der Waals surface area (Å²) in [5.41, 5.74) is 2.10. The van der Waals surface area contributed by atoms with Gasteiger partial charge in [-0.05, 0) is 83.5 Å². The molecule has 1 N–H and O–H groups in total. The lowest BCUT2D eigenvalue weighted by atomic mass is 10.0. The molecule has 7 rings (SSSR count). The van der Waals surface area contributed by atoms with Crippen LogP contribution in [0.1, 0.15) is 5.56 Å². The van der Waals surface area contributed by atoms with Gasteiger partial charge in [0.1, 0.15) is 10.8 Å².